The fourth-order valence-electron chi connectivity index (χ4n) is 4.24. The van der Waals surface area contributed by atoms with Crippen molar-refractivity contribution in [3.8, 4) is 33.8 Å². The first-order chi connectivity index (χ1) is 21.5. The van der Waals surface area contributed by atoms with Crippen LogP contribution in [0.2, 0.25) is 0 Å². The Kier molecular flexibility index (Phi) is 9.78. The van der Waals surface area contributed by atoms with Crippen molar-refractivity contribution in [2.45, 2.75) is 25.3 Å². The van der Waals surface area contributed by atoms with Crippen LogP contribution in [0.15, 0.2) is 85.2 Å². The highest BCUT2D eigenvalue weighted by molar-refractivity contribution is 5.73. The number of ether oxygens (including phenoxy) is 2. The summed E-state index contributed by atoms with van der Waals surface area (Å²) in [5.41, 5.74) is -2.89. The highest BCUT2D eigenvalue weighted by Crippen LogP contribution is 2.39. The molecule has 0 aliphatic carbocycles. The van der Waals surface area contributed by atoms with E-state index in [2.05, 4.69) is 16.1 Å². The van der Waals surface area contributed by atoms with E-state index in [1.165, 1.54) is 30.3 Å². The van der Waals surface area contributed by atoms with Crippen LogP contribution in [0.4, 0.5) is 52.7 Å². The molecule has 0 aliphatic heterocycles. The first kappa shape index (κ1) is 34.0. The Balaban J connectivity index is 1.58. The maximum Gasteiger partial charge on any atom is 0.573 e. The molecule has 0 radical (unpaired) electrons. The first-order valence-corrected chi connectivity index (χ1v) is 12.9. The molecule has 0 saturated carbocycles. The summed E-state index contributed by atoms with van der Waals surface area (Å²) in [5.74, 6) is -13.8. The Morgan fingerprint density at radius 1 is 0.652 bits per heavy atom. The third-order valence-electron chi connectivity index (χ3n) is 6.33. The second-order valence-corrected chi connectivity index (χ2v) is 9.52. The lowest BCUT2D eigenvalue weighted by molar-refractivity contribution is -0.276. The lowest BCUT2D eigenvalue weighted by Gasteiger charge is -2.20. The maximum absolute atomic E-state index is 15.1. The fourth-order valence-corrected chi connectivity index (χ4v) is 4.24. The van der Waals surface area contributed by atoms with E-state index in [1.54, 1.807) is 0 Å². The molecular weight excluding hydrogens is 644 g/mol. The summed E-state index contributed by atoms with van der Waals surface area (Å²) in [6, 6.07) is 7.89. The Hall–Kier alpha value is -4.88. The molecule has 0 heterocycles. The minimum absolute atomic E-state index is 0.0510. The van der Waals surface area contributed by atoms with Gasteiger partial charge in [0.1, 0.15) is 29.0 Å². The molecule has 4 rings (SSSR count). The fraction of sp³-hybridized carbons (Fsp3) is 0.125. The van der Waals surface area contributed by atoms with Gasteiger partial charge in [-0.3, -0.25) is 0 Å². The van der Waals surface area contributed by atoms with Crippen molar-refractivity contribution in [3.05, 3.63) is 125 Å². The second kappa shape index (κ2) is 13.2. The predicted molar refractivity (Wildman–Crippen MR) is 143 cm³/mol. The summed E-state index contributed by atoms with van der Waals surface area (Å²) in [7, 11) is 0. The summed E-state index contributed by atoms with van der Waals surface area (Å²) >= 11 is 0. The van der Waals surface area contributed by atoms with Crippen LogP contribution in [0.1, 0.15) is 24.0 Å². The van der Waals surface area contributed by atoms with Gasteiger partial charge in [-0.25, -0.2) is 30.7 Å². The molecule has 0 N–H and O–H groups in total. The molecule has 0 amide bonds. The van der Waals surface area contributed by atoms with Crippen LogP contribution in [-0.4, -0.2) is 6.36 Å². The van der Waals surface area contributed by atoms with Crippen molar-refractivity contribution in [1.82, 2.24) is 0 Å². The van der Waals surface area contributed by atoms with Gasteiger partial charge in [-0.05, 0) is 47.4 Å². The van der Waals surface area contributed by atoms with Crippen LogP contribution in [0.25, 0.3) is 28.1 Å². The number of alkyl halides is 5. The number of hydrogen-bond acceptors (Lipinski definition) is 2. The Bertz CT molecular complexity index is 1750. The molecule has 0 bridgehead atoms. The van der Waals surface area contributed by atoms with E-state index in [9.17, 15) is 43.9 Å². The molecule has 46 heavy (non-hydrogen) atoms. The van der Waals surface area contributed by atoms with Gasteiger partial charge in [0, 0.05) is 24.1 Å². The van der Waals surface area contributed by atoms with E-state index in [0.717, 1.165) is 12.1 Å². The van der Waals surface area contributed by atoms with E-state index in [1.807, 2.05) is 0 Å². The van der Waals surface area contributed by atoms with Crippen LogP contribution in [0, 0.1) is 29.1 Å². The molecule has 0 fully saturated rings. The Morgan fingerprint density at radius 3 is 1.72 bits per heavy atom. The molecule has 242 valence electrons. The predicted octanol–water partition coefficient (Wildman–Crippen LogP) is 11.3. The monoisotopic (exact) mass is 662 g/mol. The van der Waals surface area contributed by atoms with Crippen LogP contribution in [-0.2, 0) is 6.11 Å². The molecule has 0 saturated heterocycles. The molecular formula is C32H18F12O2. The number of halogens is 12. The standard InChI is InChI=1S/C32H18F12O2/c1-2-3-4-22(33)29(39)17-7-5-16(6-8-17)19-12-24(35)28(25(36)13-19)18-9-10-21(23(34)11-18)31(40,41)45-20-14-26(37)30(27(38)15-20)46-32(42,43)44/h2,5-15H,1,3-4H2. The van der Waals surface area contributed by atoms with Gasteiger partial charge in [-0.1, -0.05) is 36.4 Å². The number of allylic oxidation sites excluding steroid dienone is 2. The van der Waals surface area contributed by atoms with Crippen molar-refractivity contribution in [3.63, 3.8) is 0 Å². The zero-order valence-corrected chi connectivity index (χ0v) is 22.9. The number of rotatable bonds is 10. The van der Waals surface area contributed by atoms with Crippen LogP contribution in [0.5, 0.6) is 11.5 Å². The van der Waals surface area contributed by atoms with Gasteiger partial charge in [0.2, 0.25) is 5.75 Å². The lowest BCUT2D eigenvalue weighted by Crippen LogP contribution is -2.24. The normalized spacial score (nSPS) is 12.5. The van der Waals surface area contributed by atoms with E-state index in [0.29, 0.717) is 18.2 Å². The summed E-state index contributed by atoms with van der Waals surface area (Å²) in [6.45, 7) is 3.42. The van der Waals surface area contributed by atoms with E-state index in [-0.39, 0.29) is 41.7 Å². The van der Waals surface area contributed by atoms with Crippen molar-refractivity contribution < 1.29 is 62.2 Å². The van der Waals surface area contributed by atoms with E-state index in [4.69, 9.17) is 0 Å². The van der Waals surface area contributed by atoms with Crippen molar-refractivity contribution >= 4 is 5.83 Å². The average Bonchev–Trinajstić information content (AvgIpc) is 2.96. The largest absolute Gasteiger partial charge is 0.573 e. The summed E-state index contributed by atoms with van der Waals surface area (Å²) in [5, 5.41) is 0. The lowest BCUT2D eigenvalue weighted by atomic mass is 9.97. The van der Waals surface area contributed by atoms with Gasteiger partial charge in [0.05, 0.1) is 11.1 Å². The molecule has 0 aliphatic rings. The van der Waals surface area contributed by atoms with E-state index >= 15 is 8.78 Å². The second-order valence-electron chi connectivity index (χ2n) is 9.52. The topological polar surface area (TPSA) is 18.5 Å². The zero-order chi connectivity index (χ0) is 34.0. The molecule has 4 aromatic carbocycles. The van der Waals surface area contributed by atoms with Crippen molar-refractivity contribution in [1.29, 1.82) is 0 Å². The molecule has 0 atom stereocenters. The maximum atomic E-state index is 15.1. The zero-order valence-electron chi connectivity index (χ0n) is 22.9. The number of benzene rings is 4. The Labute approximate surface area is 252 Å². The molecule has 0 aromatic heterocycles. The summed E-state index contributed by atoms with van der Waals surface area (Å²) in [4.78, 5) is 0. The third-order valence-corrected chi connectivity index (χ3v) is 6.33. The molecule has 0 spiro atoms. The van der Waals surface area contributed by atoms with Gasteiger partial charge < -0.3 is 9.47 Å². The molecule has 0 unspecified atom stereocenters. The summed E-state index contributed by atoms with van der Waals surface area (Å²) in [6.07, 6.45) is -8.78. The first-order valence-electron chi connectivity index (χ1n) is 12.9. The highest BCUT2D eigenvalue weighted by atomic mass is 19.4. The van der Waals surface area contributed by atoms with Crippen LogP contribution < -0.4 is 9.47 Å². The van der Waals surface area contributed by atoms with E-state index < -0.39 is 81.4 Å². The van der Waals surface area contributed by atoms with Crippen LogP contribution in [0.3, 0.4) is 0 Å². The molecule has 4 aromatic rings. The average molecular weight is 662 g/mol. The molecule has 2 nitrogen and oxygen atoms in total. The third kappa shape index (κ3) is 7.66. The quantitative estimate of drug-likeness (QED) is 0.124. The van der Waals surface area contributed by atoms with Gasteiger partial charge in [0.15, 0.2) is 17.5 Å². The van der Waals surface area contributed by atoms with Gasteiger partial charge in [-0.15, -0.1) is 19.8 Å². The smallest absolute Gasteiger partial charge is 0.429 e. The van der Waals surface area contributed by atoms with Gasteiger partial charge in [-0.2, -0.15) is 8.78 Å². The molecule has 14 heteroatoms. The minimum Gasteiger partial charge on any atom is -0.429 e. The SMILES string of the molecule is C=CCCC(F)=C(F)c1ccc(-c2cc(F)c(-c3ccc(C(F)(F)Oc4cc(F)c(OC(F)(F)F)c(F)c4)c(F)c3)c(F)c2)cc1. The van der Waals surface area contributed by atoms with Crippen molar-refractivity contribution in [2.24, 2.45) is 0 Å². The minimum atomic E-state index is -5.50. The summed E-state index contributed by atoms with van der Waals surface area (Å²) < 4.78 is 175. The van der Waals surface area contributed by atoms with Gasteiger partial charge in [0.25, 0.3) is 0 Å². The highest BCUT2D eigenvalue weighted by Gasteiger charge is 2.39. The number of hydrogen-bond donors (Lipinski definition) is 0. The van der Waals surface area contributed by atoms with Crippen LogP contribution >= 0.6 is 0 Å². The van der Waals surface area contributed by atoms with Gasteiger partial charge >= 0.3 is 12.5 Å². The van der Waals surface area contributed by atoms with Crippen molar-refractivity contribution in [2.75, 3.05) is 0 Å². The Morgan fingerprint density at radius 2 is 1.20 bits per heavy atom.